The zero-order chi connectivity index (χ0) is 31.2. The van der Waals surface area contributed by atoms with Gasteiger partial charge in [-0.25, -0.2) is 0 Å². The lowest BCUT2D eigenvalue weighted by Gasteiger charge is -2.52. The van der Waals surface area contributed by atoms with Crippen LogP contribution in [-0.4, -0.2) is 46.9 Å². The molecule has 1 aliphatic rings. The Hall–Kier alpha value is -0.160. The molecule has 0 heterocycles. The summed E-state index contributed by atoms with van der Waals surface area (Å²) in [6, 6.07) is 0. The Labute approximate surface area is 269 Å². The van der Waals surface area contributed by atoms with E-state index in [4.69, 9.17) is 0 Å². The standard InChI is InChI=1S/C39H78O4/c40-34-30-38(31-35-41)28-26-24-22-20-18-16-14-12-10-8-6-4-2-1-3-5-7-9-11-13-15-17-19-21-23-25-27-29-39(38,32-36-42)33-37-43/h40-43H,1-37H2. The molecule has 1 aliphatic carbocycles. The Kier molecular flexibility index (Phi) is 27.8. The Morgan fingerprint density at radius 1 is 0.233 bits per heavy atom. The molecule has 0 radical (unpaired) electrons. The largest absolute Gasteiger partial charge is 0.396 e. The molecule has 0 atom stereocenters. The van der Waals surface area contributed by atoms with Crippen LogP contribution in [0.5, 0.6) is 0 Å². The van der Waals surface area contributed by atoms with Gasteiger partial charge in [-0.05, 0) is 49.4 Å². The Balaban J connectivity index is 2.71. The van der Waals surface area contributed by atoms with Crippen LogP contribution in [0.3, 0.4) is 0 Å². The fraction of sp³-hybridized carbons (Fsp3) is 1.00. The summed E-state index contributed by atoms with van der Waals surface area (Å²) in [6.45, 7) is 0.439. The second-order valence-corrected chi connectivity index (χ2v) is 14.5. The molecule has 43 heavy (non-hydrogen) atoms. The van der Waals surface area contributed by atoms with E-state index in [1.54, 1.807) is 0 Å². The lowest BCUT2D eigenvalue weighted by molar-refractivity contribution is -0.0601. The summed E-state index contributed by atoms with van der Waals surface area (Å²) in [7, 11) is 0. The highest BCUT2D eigenvalue weighted by molar-refractivity contribution is 4.98. The molecule has 0 amide bonds. The van der Waals surface area contributed by atoms with Gasteiger partial charge < -0.3 is 20.4 Å². The molecule has 0 aromatic heterocycles. The molecule has 0 unspecified atom stereocenters. The highest BCUT2D eigenvalue weighted by Crippen LogP contribution is 2.56. The van der Waals surface area contributed by atoms with Crippen LogP contribution in [0, 0.1) is 10.8 Å². The van der Waals surface area contributed by atoms with E-state index in [1.807, 2.05) is 0 Å². The van der Waals surface area contributed by atoms with Gasteiger partial charge in [0.2, 0.25) is 0 Å². The summed E-state index contributed by atoms with van der Waals surface area (Å²) in [5.74, 6) is 0. The van der Waals surface area contributed by atoms with E-state index in [0.29, 0.717) is 25.7 Å². The molecule has 1 saturated carbocycles. The van der Waals surface area contributed by atoms with Crippen molar-refractivity contribution in [2.45, 2.75) is 212 Å². The average Bonchev–Trinajstić information content (AvgIpc) is 3.00. The fourth-order valence-corrected chi connectivity index (χ4v) is 8.54. The SMILES string of the molecule is OCCC1(CCO)CCCCCCCCCCCCCCCCCCCCCCCCCCCCCC1(CCO)CCO. The summed E-state index contributed by atoms with van der Waals surface area (Å²) < 4.78 is 0. The quantitative estimate of drug-likeness (QED) is 0.220. The second kappa shape index (κ2) is 29.3. The maximum atomic E-state index is 10.2. The van der Waals surface area contributed by atoms with Crippen molar-refractivity contribution in [3.63, 3.8) is 0 Å². The lowest BCUT2D eigenvalue weighted by Crippen LogP contribution is -2.45. The van der Waals surface area contributed by atoms with Crippen molar-refractivity contribution in [1.29, 1.82) is 0 Å². The number of aliphatic hydroxyl groups excluding tert-OH is 4. The van der Waals surface area contributed by atoms with E-state index < -0.39 is 0 Å². The smallest absolute Gasteiger partial charge is 0.0436 e. The fourth-order valence-electron chi connectivity index (χ4n) is 8.54. The summed E-state index contributed by atoms with van der Waals surface area (Å²) in [5, 5.41) is 40.8. The minimum Gasteiger partial charge on any atom is -0.396 e. The lowest BCUT2D eigenvalue weighted by atomic mass is 9.53. The third-order valence-corrected chi connectivity index (χ3v) is 11.3. The van der Waals surface area contributed by atoms with Crippen LogP contribution in [0.2, 0.25) is 0 Å². The monoisotopic (exact) mass is 611 g/mol. The second-order valence-electron chi connectivity index (χ2n) is 14.5. The van der Waals surface area contributed by atoms with Gasteiger partial charge in [0, 0.05) is 26.4 Å². The molecule has 0 aromatic carbocycles. The molecule has 0 spiro atoms. The number of rotatable bonds is 8. The third-order valence-electron chi connectivity index (χ3n) is 11.3. The zero-order valence-electron chi connectivity index (χ0n) is 29.0. The van der Waals surface area contributed by atoms with Gasteiger partial charge in [0.25, 0.3) is 0 Å². The number of aliphatic hydroxyl groups is 4. The molecule has 1 fully saturated rings. The molecule has 0 saturated heterocycles. The van der Waals surface area contributed by atoms with Gasteiger partial charge in [0.05, 0.1) is 0 Å². The van der Waals surface area contributed by atoms with Crippen molar-refractivity contribution in [1.82, 2.24) is 0 Å². The van der Waals surface area contributed by atoms with Crippen molar-refractivity contribution in [3.8, 4) is 0 Å². The van der Waals surface area contributed by atoms with Gasteiger partial charge in [-0.1, -0.05) is 173 Å². The van der Waals surface area contributed by atoms with E-state index in [-0.39, 0.29) is 37.3 Å². The van der Waals surface area contributed by atoms with Crippen molar-refractivity contribution >= 4 is 0 Å². The first-order valence-electron chi connectivity index (χ1n) is 19.6. The number of hydrogen-bond donors (Lipinski definition) is 4. The third kappa shape index (κ3) is 19.2. The van der Waals surface area contributed by atoms with E-state index in [9.17, 15) is 20.4 Å². The maximum absolute atomic E-state index is 10.2. The van der Waals surface area contributed by atoms with Crippen LogP contribution < -0.4 is 0 Å². The van der Waals surface area contributed by atoms with Gasteiger partial charge in [-0.15, -0.1) is 0 Å². The number of hydrogen-bond acceptors (Lipinski definition) is 4. The Morgan fingerprint density at radius 3 is 0.512 bits per heavy atom. The van der Waals surface area contributed by atoms with Crippen LogP contribution in [0.4, 0.5) is 0 Å². The predicted molar refractivity (Wildman–Crippen MR) is 186 cm³/mol. The summed E-state index contributed by atoms with van der Waals surface area (Å²) in [5.41, 5.74) is -0.442. The molecule has 4 heteroatoms. The van der Waals surface area contributed by atoms with Crippen LogP contribution in [0.15, 0.2) is 0 Å². The highest BCUT2D eigenvalue weighted by atomic mass is 16.3. The molecule has 0 aliphatic heterocycles. The van der Waals surface area contributed by atoms with E-state index in [1.165, 1.54) is 161 Å². The maximum Gasteiger partial charge on any atom is 0.0436 e. The normalized spacial score (nSPS) is 23.2. The average molecular weight is 611 g/mol. The zero-order valence-corrected chi connectivity index (χ0v) is 29.0. The summed E-state index contributed by atoms with van der Waals surface area (Å²) in [6.07, 6.45) is 41.2. The first-order chi connectivity index (χ1) is 21.2. The van der Waals surface area contributed by atoms with Gasteiger partial charge in [-0.3, -0.25) is 0 Å². The molecule has 258 valence electrons. The van der Waals surface area contributed by atoms with Gasteiger partial charge in [0.1, 0.15) is 0 Å². The molecule has 1 rings (SSSR count). The highest BCUT2D eigenvalue weighted by Gasteiger charge is 2.48. The van der Waals surface area contributed by atoms with Crippen LogP contribution in [-0.2, 0) is 0 Å². The summed E-state index contributed by atoms with van der Waals surface area (Å²) in [4.78, 5) is 0. The summed E-state index contributed by atoms with van der Waals surface area (Å²) >= 11 is 0. The molecular weight excluding hydrogens is 532 g/mol. The van der Waals surface area contributed by atoms with Gasteiger partial charge >= 0.3 is 0 Å². The first kappa shape index (κ1) is 40.9. The molecular formula is C39H78O4. The first-order valence-corrected chi connectivity index (χ1v) is 19.6. The van der Waals surface area contributed by atoms with Crippen molar-refractivity contribution in [2.24, 2.45) is 10.8 Å². The minimum atomic E-state index is -0.221. The molecule has 0 bridgehead atoms. The van der Waals surface area contributed by atoms with E-state index >= 15 is 0 Å². The van der Waals surface area contributed by atoms with E-state index in [2.05, 4.69) is 0 Å². The van der Waals surface area contributed by atoms with Gasteiger partial charge in [0.15, 0.2) is 0 Å². The molecule has 4 nitrogen and oxygen atoms in total. The van der Waals surface area contributed by atoms with Crippen molar-refractivity contribution in [2.75, 3.05) is 26.4 Å². The van der Waals surface area contributed by atoms with Crippen molar-refractivity contribution < 1.29 is 20.4 Å². The molecule has 0 aromatic rings. The van der Waals surface area contributed by atoms with Crippen LogP contribution in [0.25, 0.3) is 0 Å². The Morgan fingerprint density at radius 2 is 0.372 bits per heavy atom. The van der Waals surface area contributed by atoms with Crippen molar-refractivity contribution in [3.05, 3.63) is 0 Å². The topological polar surface area (TPSA) is 80.9 Å². The minimum absolute atomic E-state index is 0.110. The predicted octanol–water partition coefficient (Wildman–Crippen LogP) is 10.8. The van der Waals surface area contributed by atoms with Crippen LogP contribution >= 0.6 is 0 Å². The van der Waals surface area contributed by atoms with Gasteiger partial charge in [-0.2, -0.15) is 0 Å². The van der Waals surface area contributed by atoms with E-state index in [0.717, 1.165) is 25.7 Å². The Bertz CT molecular complexity index is 505. The van der Waals surface area contributed by atoms with Crippen LogP contribution in [0.1, 0.15) is 212 Å². The molecule has 4 N–H and O–H groups in total.